The van der Waals surface area contributed by atoms with Gasteiger partial charge >= 0.3 is 5.63 Å². The molecule has 0 bridgehead atoms. The fourth-order valence-electron chi connectivity index (χ4n) is 2.67. The normalized spacial score (nSPS) is 11.1. The van der Waals surface area contributed by atoms with Crippen molar-refractivity contribution in [3.8, 4) is 11.4 Å². The van der Waals surface area contributed by atoms with Gasteiger partial charge in [0.1, 0.15) is 5.58 Å². The predicted molar refractivity (Wildman–Crippen MR) is 94.6 cm³/mol. The summed E-state index contributed by atoms with van der Waals surface area (Å²) >= 11 is 6.00. The molecule has 0 amide bonds. The first-order valence-electron chi connectivity index (χ1n) is 7.66. The molecular formula is C18H13ClN4O2. The number of halogens is 1. The van der Waals surface area contributed by atoms with Gasteiger partial charge in [-0.2, -0.15) is 4.80 Å². The fraction of sp³-hybridized carbons (Fsp3) is 0.111. The van der Waals surface area contributed by atoms with Gasteiger partial charge in [-0.3, -0.25) is 0 Å². The van der Waals surface area contributed by atoms with Crippen molar-refractivity contribution in [1.29, 1.82) is 0 Å². The summed E-state index contributed by atoms with van der Waals surface area (Å²) in [6.07, 6.45) is 0. The van der Waals surface area contributed by atoms with E-state index in [0.717, 1.165) is 22.1 Å². The summed E-state index contributed by atoms with van der Waals surface area (Å²) in [5, 5.41) is 14.0. The van der Waals surface area contributed by atoms with Gasteiger partial charge in [0.05, 0.1) is 6.54 Å². The molecule has 0 saturated heterocycles. The zero-order chi connectivity index (χ0) is 17.4. The summed E-state index contributed by atoms with van der Waals surface area (Å²) < 4.78 is 5.27. The Hall–Kier alpha value is -2.99. The van der Waals surface area contributed by atoms with Gasteiger partial charge in [0.15, 0.2) is 0 Å². The predicted octanol–water partition coefficient (Wildman–Crippen LogP) is 3.46. The maximum absolute atomic E-state index is 11.8. The van der Waals surface area contributed by atoms with Crippen LogP contribution >= 0.6 is 11.6 Å². The minimum Gasteiger partial charge on any atom is -0.423 e. The Kier molecular flexibility index (Phi) is 3.82. The van der Waals surface area contributed by atoms with Gasteiger partial charge in [0, 0.05) is 22.0 Å². The molecule has 4 rings (SSSR count). The van der Waals surface area contributed by atoms with E-state index in [0.29, 0.717) is 23.0 Å². The molecule has 2 heterocycles. The van der Waals surface area contributed by atoms with Gasteiger partial charge < -0.3 is 4.42 Å². The second-order valence-electron chi connectivity index (χ2n) is 5.74. The van der Waals surface area contributed by atoms with E-state index in [1.807, 2.05) is 37.3 Å². The third-order valence-corrected chi connectivity index (χ3v) is 4.07. The van der Waals surface area contributed by atoms with Crippen LogP contribution in [0.5, 0.6) is 0 Å². The van der Waals surface area contributed by atoms with Crippen LogP contribution in [0.3, 0.4) is 0 Å². The van der Waals surface area contributed by atoms with Gasteiger partial charge in [0.2, 0.25) is 5.82 Å². The lowest BCUT2D eigenvalue weighted by Crippen LogP contribution is -2.08. The molecular weight excluding hydrogens is 340 g/mol. The molecule has 25 heavy (non-hydrogen) atoms. The molecule has 0 saturated carbocycles. The van der Waals surface area contributed by atoms with E-state index in [-0.39, 0.29) is 0 Å². The summed E-state index contributed by atoms with van der Waals surface area (Å²) in [6, 6.07) is 14.5. The average Bonchev–Trinajstić information content (AvgIpc) is 3.03. The van der Waals surface area contributed by atoms with Crippen LogP contribution in [-0.4, -0.2) is 20.2 Å². The van der Waals surface area contributed by atoms with Crippen LogP contribution in [0.1, 0.15) is 11.1 Å². The molecule has 0 aliphatic heterocycles. The quantitative estimate of drug-likeness (QED) is 0.528. The van der Waals surface area contributed by atoms with E-state index in [4.69, 9.17) is 16.0 Å². The molecule has 0 aliphatic carbocycles. The second-order valence-corrected chi connectivity index (χ2v) is 6.18. The van der Waals surface area contributed by atoms with Crippen molar-refractivity contribution in [2.75, 3.05) is 0 Å². The first-order chi connectivity index (χ1) is 12.1. The number of tetrazole rings is 1. The molecule has 124 valence electrons. The smallest absolute Gasteiger partial charge is 0.336 e. The Morgan fingerprint density at radius 2 is 2.04 bits per heavy atom. The number of hydrogen-bond acceptors (Lipinski definition) is 5. The van der Waals surface area contributed by atoms with Crippen LogP contribution in [0.25, 0.3) is 22.4 Å². The standard InChI is InChI=1S/C18H13ClN4O2/c1-11-5-6-15-13(9-17(24)25-16(15)7-11)10-23-21-18(20-22-23)12-3-2-4-14(19)8-12/h2-9H,10H2,1H3. The summed E-state index contributed by atoms with van der Waals surface area (Å²) in [7, 11) is 0. The van der Waals surface area contributed by atoms with Crippen molar-refractivity contribution >= 4 is 22.6 Å². The molecule has 0 atom stereocenters. The van der Waals surface area contributed by atoms with Gasteiger partial charge in [-0.15, -0.1) is 10.2 Å². The van der Waals surface area contributed by atoms with Crippen LogP contribution in [0.4, 0.5) is 0 Å². The van der Waals surface area contributed by atoms with Gasteiger partial charge in [-0.05, 0) is 41.5 Å². The van der Waals surface area contributed by atoms with Crippen molar-refractivity contribution in [1.82, 2.24) is 20.2 Å². The molecule has 0 unspecified atom stereocenters. The number of aryl methyl sites for hydroxylation is 1. The Morgan fingerprint density at radius 1 is 1.16 bits per heavy atom. The monoisotopic (exact) mass is 352 g/mol. The molecule has 6 nitrogen and oxygen atoms in total. The molecule has 0 spiro atoms. The molecule has 4 aromatic rings. The summed E-state index contributed by atoms with van der Waals surface area (Å²) in [5.41, 5.74) is 2.74. The van der Waals surface area contributed by atoms with Gasteiger partial charge in [-0.1, -0.05) is 35.9 Å². The zero-order valence-corrected chi connectivity index (χ0v) is 14.1. The third kappa shape index (κ3) is 3.16. The maximum Gasteiger partial charge on any atom is 0.336 e. The second kappa shape index (κ2) is 6.14. The number of benzene rings is 2. The Morgan fingerprint density at radius 3 is 2.88 bits per heavy atom. The Balaban J connectivity index is 1.72. The molecule has 2 aromatic carbocycles. The van der Waals surface area contributed by atoms with E-state index < -0.39 is 5.63 Å². The van der Waals surface area contributed by atoms with Crippen LogP contribution in [0.15, 0.2) is 57.7 Å². The largest absolute Gasteiger partial charge is 0.423 e. The Labute approximate surface area is 147 Å². The first-order valence-corrected chi connectivity index (χ1v) is 8.03. The molecule has 2 aromatic heterocycles. The average molecular weight is 353 g/mol. The van der Waals surface area contributed by atoms with E-state index >= 15 is 0 Å². The minimum atomic E-state index is -0.400. The van der Waals surface area contributed by atoms with Crippen molar-refractivity contribution in [3.05, 3.63) is 75.1 Å². The maximum atomic E-state index is 11.8. The summed E-state index contributed by atoms with van der Waals surface area (Å²) in [6.45, 7) is 2.26. The van der Waals surface area contributed by atoms with Crippen LogP contribution < -0.4 is 5.63 Å². The van der Waals surface area contributed by atoms with E-state index in [1.165, 1.54) is 10.9 Å². The highest BCUT2D eigenvalue weighted by Gasteiger charge is 2.10. The van der Waals surface area contributed by atoms with E-state index in [2.05, 4.69) is 15.4 Å². The van der Waals surface area contributed by atoms with E-state index in [1.54, 1.807) is 12.1 Å². The van der Waals surface area contributed by atoms with Crippen LogP contribution in [0.2, 0.25) is 5.02 Å². The molecule has 7 heteroatoms. The Bertz CT molecular complexity index is 1130. The SMILES string of the molecule is Cc1ccc2c(Cn3nnc(-c4cccc(Cl)c4)n3)cc(=O)oc2c1. The fourth-order valence-corrected chi connectivity index (χ4v) is 2.86. The highest BCUT2D eigenvalue weighted by molar-refractivity contribution is 6.30. The third-order valence-electron chi connectivity index (χ3n) is 3.83. The van der Waals surface area contributed by atoms with Crippen molar-refractivity contribution < 1.29 is 4.42 Å². The zero-order valence-electron chi connectivity index (χ0n) is 13.3. The topological polar surface area (TPSA) is 73.8 Å². The number of hydrogen-bond donors (Lipinski definition) is 0. The number of nitrogens with zero attached hydrogens (tertiary/aromatic N) is 4. The van der Waals surface area contributed by atoms with Gasteiger partial charge in [-0.25, -0.2) is 4.79 Å². The molecule has 0 N–H and O–H groups in total. The van der Waals surface area contributed by atoms with E-state index in [9.17, 15) is 4.79 Å². The molecule has 0 fully saturated rings. The number of rotatable bonds is 3. The molecule has 0 aliphatic rings. The first kappa shape index (κ1) is 15.5. The highest BCUT2D eigenvalue weighted by atomic mass is 35.5. The molecule has 0 radical (unpaired) electrons. The van der Waals surface area contributed by atoms with Crippen molar-refractivity contribution in [2.45, 2.75) is 13.5 Å². The number of fused-ring (bicyclic) bond motifs is 1. The summed E-state index contributed by atoms with van der Waals surface area (Å²) in [5.74, 6) is 0.477. The van der Waals surface area contributed by atoms with Gasteiger partial charge in [0.25, 0.3) is 0 Å². The number of aromatic nitrogens is 4. The van der Waals surface area contributed by atoms with Crippen molar-refractivity contribution in [3.63, 3.8) is 0 Å². The minimum absolute atomic E-state index is 0.318. The highest BCUT2D eigenvalue weighted by Crippen LogP contribution is 2.21. The lowest BCUT2D eigenvalue weighted by atomic mass is 10.1. The summed E-state index contributed by atoms with van der Waals surface area (Å²) in [4.78, 5) is 13.3. The van der Waals surface area contributed by atoms with Crippen molar-refractivity contribution in [2.24, 2.45) is 0 Å². The lowest BCUT2D eigenvalue weighted by Gasteiger charge is -2.05. The van der Waals surface area contributed by atoms with Crippen LogP contribution in [0, 0.1) is 6.92 Å². The van der Waals surface area contributed by atoms with Crippen LogP contribution in [-0.2, 0) is 6.54 Å². The lowest BCUT2D eigenvalue weighted by molar-refractivity contribution is 0.545.